The van der Waals surface area contributed by atoms with E-state index < -0.39 is 126 Å². The average molecular weight is 1700 g/mol. The topological polar surface area (TPSA) is 661 Å². The van der Waals surface area contributed by atoms with Crippen LogP contribution in [0, 0.1) is 11.8 Å². The van der Waals surface area contributed by atoms with E-state index in [0.717, 1.165) is 34.1 Å². The monoisotopic (exact) mass is 1700 g/mol. The molecule has 1 fully saturated rings. The first-order valence-corrected chi connectivity index (χ1v) is 37.8. The van der Waals surface area contributed by atoms with Crippen molar-refractivity contribution in [3.63, 3.8) is 0 Å². The molecule has 2 atom stereocenters. The number of guanidine groups is 2. The fraction of sp³-hybridized carbons (Fsp3) is 0.385. The quantitative estimate of drug-likeness (QED) is 0.00999. The number of hydrogen-bond donors (Lipinski definition) is 14. The van der Waals surface area contributed by atoms with Gasteiger partial charge in [0, 0.05) is 124 Å². The van der Waals surface area contributed by atoms with Gasteiger partial charge in [0.15, 0.2) is 23.5 Å². The molecule has 0 saturated carbocycles. The summed E-state index contributed by atoms with van der Waals surface area (Å²) in [7, 11) is 0. The summed E-state index contributed by atoms with van der Waals surface area (Å²) in [4.78, 5) is 228. The average Bonchev–Trinajstić information content (AvgIpc) is 1.23. The van der Waals surface area contributed by atoms with Crippen molar-refractivity contribution in [2.24, 2.45) is 50.5 Å². The number of Topliss-reactive ketones (excluding diaryl/α,β-unsaturated/α-hetero) is 2. The number of aliphatic carboxylic acids is 2. The molecule has 3 aliphatic rings. The Morgan fingerprint density at radius 2 is 0.795 bits per heavy atom. The van der Waals surface area contributed by atoms with Gasteiger partial charge in [0.25, 0.3) is 47.3 Å². The van der Waals surface area contributed by atoms with E-state index in [9.17, 15) is 91.4 Å². The number of ketones is 2. The van der Waals surface area contributed by atoms with Gasteiger partial charge in [0.05, 0.1) is 115 Å². The lowest BCUT2D eigenvalue weighted by molar-refractivity contribution is -0.198. The highest BCUT2D eigenvalue weighted by molar-refractivity contribution is 6.14. The molecule has 1 saturated heterocycles. The number of carboxylic acids is 2. The number of ether oxygens (including phenoxy) is 6. The molecule has 0 aliphatic carbocycles. The van der Waals surface area contributed by atoms with Gasteiger partial charge < -0.3 is 109 Å². The third-order valence-electron chi connectivity index (χ3n) is 16.4. The van der Waals surface area contributed by atoms with Crippen LogP contribution in [0.25, 0.3) is 0 Å². The Morgan fingerprint density at radius 3 is 1.18 bits per heavy atom. The van der Waals surface area contributed by atoms with Crippen LogP contribution in [0.2, 0.25) is 0 Å². The zero-order valence-corrected chi connectivity index (χ0v) is 66.2. The number of aliphatic imine (C=N–C) groups is 2. The van der Waals surface area contributed by atoms with Gasteiger partial charge in [-0.3, -0.25) is 91.3 Å². The maximum atomic E-state index is 12.9. The van der Waals surface area contributed by atoms with Crippen molar-refractivity contribution in [1.29, 1.82) is 0 Å². The van der Waals surface area contributed by atoms with Crippen LogP contribution >= 0.6 is 0 Å². The molecule has 4 aromatic carbocycles. The number of carbonyl (C=O) groups excluding carboxylic acids is 16. The summed E-state index contributed by atoms with van der Waals surface area (Å²) in [5.41, 5.74) is 28.6. The summed E-state index contributed by atoms with van der Waals surface area (Å²) >= 11 is 0. The number of amides is 13. The van der Waals surface area contributed by atoms with Crippen molar-refractivity contribution >= 4 is 141 Å². The zero-order valence-electron chi connectivity index (χ0n) is 66.2. The molecule has 19 N–H and O–H groups in total. The maximum Gasteiger partial charge on any atom is 0.335 e. The molecular weight excluding hydrogens is 1610 g/mol. The molecule has 122 heavy (non-hydrogen) atoms. The molecule has 3 aliphatic heterocycles. The van der Waals surface area contributed by atoms with E-state index >= 15 is 0 Å². The lowest BCUT2D eigenvalue weighted by Gasteiger charge is -2.15. The van der Waals surface area contributed by atoms with Gasteiger partial charge in [0.1, 0.15) is 24.7 Å². The largest absolute Gasteiger partial charge is 0.492 e. The van der Waals surface area contributed by atoms with Crippen molar-refractivity contribution < 1.29 is 130 Å². The molecule has 0 aromatic heterocycles. The molecule has 7 rings (SSSR count). The summed E-state index contributed by atoms with van der Waals surface area (Å²) in [5.74, 6) is -12.2. The van der Waals surface area contributed by atoms with Crippen LogP contribution in [0.5, 0.6) is 11.5 Å². The van der Waals surface area contributed by atoms with E-state index in [0.29, 0.717) is 52.5 Å². The number of carbonyl (C=O) groups is 18. The Balaban J connectivity index is 0.000000348. The lowest BCUT2D eigenvalue weighted by Crippen LogP contribution is -2.35. The summed E-state index contributed by atoms with van der Waals surface area (Å²) in [5, 5.41) is 37.0. The van der Waals surface area contributed by atoms with E-state index in [4.69, 9.17) is 62.2 Å². The summed E-state index contributed by atoms with van der Waals surface area (Å²) in [6, 6.07) is 24.8. The molecule has 4 aromatic rings. The Hall–Kier alpha value is -14.2. The first kappa shape index (κ1) is 98.3. The second-order valence-corrected chi connectivity index (χ2v) is 26.0. The van der Waals surface area contributed by atoms with Crippen molar-refractivity contribution in [2.45, 2.75) is 64.2 Å². The Morgan fingerprint density at radius 1 is 0.426 bits per heavy atom. The van der Waals surface area contributed by atoms with Crippen LogP contribution in [0.1, 0.15) is 84.9 Å². The minimum Gasteiger partial charge on any atom is -0.492 e. The van der Waals surface area contributed by atoms with E-state index in [2.05, 4.69) is 52.0 Å². The number of carboxylic acid groups (broad SMARTS) is 2. The van der Waals surface area contributed by atoms with E-state index in [-0.39, 0.29) is 184 Å². The Labute approximate surface area is 697 Å². The molecule has 13 amide bonds. The third kappa shape index (κ3) is 39.3. The van der Waals surface area contributed by atoms with Gasteiger partial charge in [-0.1, -0.05) is 12.1 Å². The van der Waals surface area contributed by atoms with Gasteiger partial charge >= 0.3 is 17.9 Å². The SMILES string of the molecule is NC(N)=Nc1cccc(C(=O)NCC(=O)CC(CC(=O)O)C(=O)Nc2ccc(OCCNC(=O)CCOCCOCCNC(=O)CCN3C(=O)C=CC3=O)cc2)c1.NCCOc1ccc(NC(=O)[C@H](CC(=O)O)CC(=O)CNC(=O)c2cccc(N=C(N)N)c2)cc1.O=C(CCN1C(=O)C=CC1=O)NCCOCCOCCC(=O)ON1C(=O)CCC1=O. The highest BCUT2D eigenvalue weighted by Gasteiger charge is 2.33. The second kappa shape index (κ2) is 54.0. The molecule has 44 heteroatoms. The van der Waals surface area contributed by atoms with Gasteiger partial charge in [-0.2, -0.15) is 0 Å². The Bertz CT molecular complexity index is 4420. The van der Waals surface area contributed by atoms with Crippen LogP contribution in [-0.4, -0.2) is 262 Å². The minimum absolute atomic E-state index is 0.00623. The van der Waals surface area contributed by atoms with Gasteiger partial charge in [-0.25, -0.2) is 14.8 Å². The van der Waals surface area contributed by atoms with Crippen LogP contribution in [0.4, 0.5) is 22.7 Å². The lowest BCUT2D eigenvalue weighted by atomic mass is 9.97. The van der Waals surface area contributed by atoms with Crippen molar-refractivity contribution in [3.8, 4) is 11.5 Å². The highest BCUT2D eigenvalue weighted by atomic mass is 16.7. The smallest absolute Gasteiger partial charge is 0.335 e. The van der Waals surface area contributed by atoms with Crippen LogP contribution < -0.4 is 75.4 Å². The first-order valence-electron chi connectivity index (χ1n) is 37.8. The predicted octanol–water partition coefficient (Wildman–Crippen LogP) is -1.84. The minimum atomic E-state index is -1.28. The maximum absolute atomic E-state index is 12.9. The number of rotatable bonds is 52. The van der Waals surface area contributed by atoms with Crippen LogP contribution in [-0.2, 0) is 100 Å². The molecule has 0 bridgehead atoms. The molecule has 1 unspecified atom stereocenters. The summed E-state index contributed by atoms with van der Waals surface area (Å²) in [6.07, 6.45) is 2.74. The molecule has 0 spiro atoms. The molecule has 656 valence electrons. The first-order chi connectivity index (χ1) is 58.4. The number of nitrogens with zero attached hydrogens (tertiary/aromatic N) is 5. The summed E-state index contributed by atoms with van der Waals surface area (Å²) in [6.45, 7) is 2.36. The molecule has 44 nitrogen and oxygen atoms in total. The standard InChI is InChI=1S/C37H46N8O12.C23H28N6O6.C18H23N3O9/c38-37(39)44-27-3-1-2-24(20-27)35(53)42-23-28(46)21-25(22-34(51)52)36(54)43-26-4-6-29(7-5-26)57-17-13-41-31(48)11-15-55-18-19-56-16-12-40-30(47)10-14-45-32(49)8-9-33(45)50;24-8-9-35-19-6-4-16(5-7-19)28-22(34)15(12-20(31)32)11-18(30)13-27-21(33)14-2-1-3-17(10-14)29-23(25)26;22-13(5-8-20-14(23)1-2-15(20)24)19-7-10-29-12-11-28-9-6-18(27)30-21-16(25)3-4-17(21)26/h1-9,20,25H,10-19,21-23H2,(H,40,47)(H,41,48)(H,42,53)(H,43,54)(H,51,52)(H4,38,39,44);1-7,10,15H,8-9,11-13,24H2,(H,27,33)(H,28,34)(H,31,32)(H4,25,26,29);1-2H,3-12H2,(H,19,22)/t;15-;/m.0./s1. The number of hydroxylamine groups is 2. The van der Waals surface area contributed by atoms with Crippen molar-refractivity contribution in [3.05, 3.63) is 132 Å². The number of nitrogens with one attached hydrogen (secondary N) is 7. The number of anilines is 2. The number of benzene rings is 4. The Kier molecular flexibility index (Phi) is 43.5. The molecular formula is C78H97N17O27. The third-order valence-corrected chi connectivity index (χ3v) is 16.4. The number of nitrogens with two attached hydrogens (primary N) is 5. The molecule has 0 radical (unpaired) electrons. The van der Waals surface area contributed by atoms with Crippen molar-refractivity contribution in [1.82, 2.24) is 41.4 Å². The van der Waals surface area contributed by atoms with Gasteiger partial charge in [-0.05, 0) is 84.9 Å². The van der Waals surface area contributed by atoms with Gasteiger partial charge in [-0.15, -0.1) is 5.06 Å². The fourth-order valence-corrected chi connectivity index (χ4v) is 10.5. The van der Waals surface area contributed by atoms with E-state index in [1.54, 1.807) is 60.7 Å². The highest BCUT2D eigenvalue weighted by Crippen LogP contribution is 2.23. The molecule has 3 heterocycles. The van der Waals surface area contributed by atoms with Crippen molar-refractivity contribution in [2.75, 3.05) is 129 Å². The second-order valence-electron chi connectivity index (χ2n) is 26.0. The fourth-order valence-electron chi connectivity index (χ4n) is 10.5. The summed E-state index contributed by atoms with van der Waals surface area (Å²) < 4.78 is 32.2. The van der Waals surface area contributed by atoms with E-state index in [1.807, 2.05) is 0 Å². The van der Waals surface area contributed by atoms with Gasteiger partial charge in [0.2, 0.25) is 29.5 Å². The zero-order chi connectivity index (χ0) is 89.3. The van der Waals surface area contributed by atoms with Crippen LogP contribution in [0.3, 0.4) is 0 Å². The van der Waals surface area contributed by atoms with E-state index in [1.165, 1.54) is 36.4 Å². The normalized spacial score (nSPS) is 12.9. The van der Waals surface area contributed by atoms with Crippen LogP contribution in [0.15, 0.2) is 131 Å². The number of imide groups is 3. The predicted molar refractivity (Wildman–Crippen MR) is 429 cm³/mol. The number of hydrogen-bond acceptors (Lipinski definition) is 28.